The van der Waals surface area contributed by atoms with Crippen LogP contribution in [-0.4, -0.2) is 36.4 Å². The Morgan fingerprint density at radius 3 is 2.34 bits per heavy atom. The van der Waals surface area contributed by atoms with Gasteiger partial charge in [-0.1, -0.05) is 11.6 Å². The lowest BCUT2D eigenvalue weighted by molar-refractivity contribution is -0.151. The minimum atomic E-state index is -4.37. The lowest BCUT2D eigenvalue weighted by Gasteiger charge is -2.40. The van der Waals surface area contributed by atoms with Crippen LogP contribution in [0.4, 0.5) is 19.0 Å². The number of piperidine rings is 1. The van der Waals surface area contributed by atoms with E-state index >= 15 is 0 Å². The molecule has 3 aliphatic heterocycles. The Balaban J connectivity index is 1.33. The second-order valence-electron chi connectivity index (χ2n) is 9.05. The molecule has 0 spiro atoms. The van der Waals surface area contributed by atoms with Crippen molar-refractivity contribution >= 4 is 5.82 Å². The summed E-state index contributed by atoms with van der Waals surface area (Å²) in [5.41, 5.74) is 1.29. The lowest BCUT2D eigenvalue weighted by Crippen LogP contribution is -2.47. The molecule has 2 bridgehead atoms. The van der Waals surface area contributed by atoms with E-state index in [4.69, 9.17) is 14.2 Å². The molecular weight excluding hydrogens is 421 g/mol. The molecule has 5 nitrogen and oxygen atoms in total. The molecule has 2 aromatic rings. The third kappa shape index (κ3) is 3.94. The second kappa shape index (κ2) is 7.92. The first-order valence-corrected chi connectivity index (χ1v) is 11.1. The number of ether oxygens (including phenoxy) is 3. The molecule has 4 heterocycles. The molecule has 0 N–H and O–H groups in total. The molecule has 32 heavy (non-hydrogen) atoms. The molecule has 0 amide bonds. The molecule has 3 aliphatic rings. The Bertz CT molecular complexity index is 959. The van der Waals surface area contributed by atoms with Gasteiger partial charge in [0.15, 0.2) is 5.79 Å². The number of halogens is 3. The van der Waals surface area contributed by atoms with E-state index in [2.05, 4.69) is 16.0 Å². The monoisotopic (exact) mass is 448 g/mol. The van der Waals surface area contributed by atoms with Crippen LogP contribution in [0.2, 0.25) is 0 Å². The highest BCUT2D eigenvalue weighted by atomic mass is 19.4. The number of hydrogen-bond donors (Lipinski definition) is 0. The van der Waals surface area contributed by atoms with Gasteiger partial charge in [-0.05, 0) is 51.0 Å². The highest BCUT2D eigenvalue weighted by Gasteiger charge is 2.43. The number of nitrogens with zero attached hydrogens (tertiary/aromatic N) is 2. The van der Waals surface area contributed by atoms with Crippen LogP contribution >= 0.6 is 0 Å². The number of pyridine rings is 1. The van der Waals surface area contributed by atoms with Gasteiger partial charge in [-0.25, -0.2) is 4.98 Å². The SMILES string of the molecule is Cc1ccc(OC2C[C@H]3CC[C@@H](C2)N3c2ccc(C(F)(F)F)cn2)c(C2(C)OCCO2)c1. The van der Waals surface area contributed by atoms with Crippen LogP contribution in [0.15, 0.2) is 36.5 Å². The lowest BCUT2D eigenvalue weighted by atomic mass is 9.98. The summed E-state index contributed by atoms with van der Waals surface area (Å²) in [6, 6.07) is 9.06. The largest absolute Gasteiger partial charge is 0.490 e. The Morgan fingerprint density at radius 2 is 1.75 bits per heavy atom. The van der Waals surface area contributed by atoms with Gasteiger partial charge >= 0.3 is 6.18 Å². The minimum Gasteiger partial charge on any atom is -0.490 e. The number of anilines is 1. The molecule has 0 aliphatic carbocycles. The zero-order valence-electron chi connectivity index (χ0n) is 18.2. The Kier molecular flexibility index (Phi) is 5.33. The van der Waals surface area contributed by atoms with Crippen molar-refractivity contribution in [2.24, 2.45) is 0 Å². The quantitative estimate of drug-likeness (QED) is 0.643. The average molecular weight is 448 g/mol. The van der Waals surface area contributed by atoms with Crippen molar-refractivity contribution < 1.29 is 27.4 Å². The number of aryl methyl sites for hydroxylation is 1. The first kappa shape index (κ1) is 21.5. The van der Waals surface area contributed by atoms with Gasteiger partial charge < -0.3 is 19.1 Å². The van der Waals surface area contributed by atoms with E-state index in [0.717, 1.165) is 54.8 Å². The fraction of sp³-hybridized carbons (Fsp3) is 0.542. The van der Waals surface area contributed by atoms with Gasteiger partial charge in [0.1, 0.15) is 17.7 Å². The van der Waals surface area contributed by atoms with Crippen LogP contribution in [0, 0.1) is 6.92 Å². The van der Waals surface area contributed by atoms with Crippen molar-refractivity contribution in [3.63, 3.8) is 0 Å². The highest BCUT2D eigenvalue weighted by Crippen LogP contribution is 2.43. The number of aromatic nitrogens is 1. The van der Waals surface area contributed by atoms with Gasteiger partial charge in [-0.15, -0.1) is 0 Å². The summed E-state index contributed by atoms with van der Waals surface area (Å²) in [5, 5.41) is 0. The summed E-state index contributed by atoms with van der Waals surface area (Å²) in [6.45, 7) is 5.05. The Hall–Kier alpha value is -2.32. The topological polar surface area (TPSA) is 43.8 Å². The number of alkyl halides is 3. The number of hydrogen-bond acceptors (Lipinski definition) is 5. The molecule has 1 aromatic carbocycles. The molecule has 1 aromatic heterocycles. The maximum absolute atomic E-state index is 12.9. The van der Waals surface area contributed by atoms with Gasteiger partial charge in [-0.3, -0.25) is 0 Å². The zero-order valence-corrected chi connectivity index (χ0v) is 18.2. The maximum atomic E-state index is 12.9. The van der Waals surface area contributed by atoms with E-state index in [0.29, 0.717) is 19.0 Å². The fourth-order valence-corrected chi connectivity index (χ4v) is 5.25. The molecule has 172 valence electrons. The Morgan fingerprint density at radius 1 is 1.06 bits per heavy atom. The second-order valence-corrected chi connectivity index (χ2v) is 9.05. The highest BCUT2D eigenvalue weighted by molar-refractivity contribution is 5.45. The molecule has 1 unspecified atom stereocenters. The molecule has 3 saturated heterocycles. The molecule has 8 heteroatoms. The molecule has 3 atom stereocenters. The predicted molar refractivity (Wildman–Crippen MR) is 113 cm³/mol. The van der Waals surface area contributed by atoms with Crippen molar-refractivity contribution in [1.82, 2.24) is 4.98 Å². The maximum Gasteiger partial charge on any atom is 0.417 e. The third-order valence-corrected chi connectivity index (χ3v) is 6.79. The molecular formula is C24H27F3N2O3. The van der Waals surface area contributed by atoms with Gasteiger partial charge in [0.2, 0.25) is 0 Å². The predicted octanol–water partition coefficient (Wildman–Crippen LogP) is 5.21. The summed E-state index contributed by atoms with van der Waals surface area (Å²) in [6.07, 6.45) is 0.134. The molecule has 3 fully saturated rings. The fourth-order valence-electron chi connectivity index (χ4n) is 5.25. The zero-order chi connectivity index (χ0) is 22.5. The average Bonchev–Trinajstić information content (AvgIpc) is 3.30. The van der Waals surface area contributed by atoms with Crippen molar-refractivity contribution in [3.05, 3.63) is 53.2 Å². The summed E-state index contributed by atoms with van der Waals surface area (Å²) < 4.78 is 56.9. The third-order valence-electron chi connectivity index (χ3n) is 6.79. The van der Waals surface area contributed by atoms with Crippen molar-refractivity contribution in [1.29, 1.82) is 0 Å². The normalized spacial score (nSPS) is 27.0. The summed E-state index contributed by atoms with van der Waals surface area (Å²) >= 11 is 0. The van der Waals surface area contributed by atoms with Crippen molar-refractivity contribution in [2.45, 2.75) is 69.7 Å². The van der Waals surface area contributed by atoms with Crippen LogP contribution in [0.25, 0.3) is 0 Å². The van der Waals surface area contributed by atoms with E-state index in [-0.39, 0.29) is 18.2 Å². The van der Waals surface area contributed by atoms with Gasteiger partial charge in [-0.2, -0.15) is 13.2 Å². The van der Waals surface area contributed by atoms with Crippen molar-refractivity contribution in [3.8, 4) is 5.75 Å². The van der Waals surface area contributed by atoms with E-state index in [9.17, 15) is 13.2 Å². The van der Waals surface area contributed by atoms with Crippen LogP contribution in [0.1, 0.15) is 49.3 Å². The van der Waals surface area contributed by atoms with Gasteiger partial charge in [0.25, 0.3) is 0 Å². The van der Waals surface area contributed by atoms with Crippen LogP contribution in [0.3, 0.4) is 0 Å². The first-order valence-electron chi connectivity index (χ1n) is 11.1. The van der Waals surface area contributed by atoms with Crippen LogP contribution in [0.5, 0.6) is 5.75 Å². The number of rotatable bonds is 4. The summed E-state index contributed by atoms with van der Waals surface area (Å²) in [4.78, 5) is 6.32. The molecule has 0 radical (unpaired) electrons. The van der Waals surface area contributed by atoms with E-state index in [1.807, 2.05) is 26.0 Å². The first-order chi connectivity index (χ1) is 15.2. The Labute approximate surface area is 185 Å². The van der Waals surface area contributed by atoms with E-state index in [1.165, 1.54) is 6.07 Å². The van der Waals surface area contributed by atoms with E-state index < -0.39 is 17.5 Å². The standard InChI is InChI=1S/C24H27F3N2O3/c1-15-3-7-21(20(11-15)23(2)30-9-10-31-23)32-19-12-17-5-6-18(13-19)29(17)22-8-4-16(14-28-22)24(25,26)27/h3-4,7-8,11,14,17-19H,5-6,9-10,12-13H2,1-2H3/t17-,18+,19?. The van der Waals surface area contributed by atoms with Gasteiger partial charge in [0.05, 0.1) is 24.3 Å². The van der Waals surface area contributed by atoms with Crippen LogP contribution in [-0.2, 0) is 21.4 Å². The van der Waals surface area contributed by atoms with Crippen LogP contribution < -0.4 is 9.64 Å². The smallest absolute Gasteiger partial charge is 0.417 e. The summed E-state index contributed by atoms with van der Waals surface area (Å²) in [5.74, 6) is 0.566. The molecule has 0 saturated carbocycles. The minimum absolute atomic E-state index is 0.0182. The molecule has 5 rings (SSSR count). The van der Waals surface area contributed by atoms with Crippen molar-refractivity contribution in [2.75, 3.05) is 18.1 Å². The number of fused-ring (bicyclic) bond motifs is 2. The summed E-state index contributed by atoms with van der Waals surface area (Å²) in [7, 11) is 0. The van der Waals surface area contributed by atoms with Gasteiger partial charge in [0, 0.05) is 31.1 Å². The number of benzene rings is 1. The van der Waals surface area contributed by atoms with E-state index in [1.54, 1.807) is 0 Å².